The van der Waals surface area contributed by atoms with E-state index in [0.29, 0.717) is 18.8 Å². The third-order valence-corrected chi connectivity index (χ3v) is 4.39. The third-order valence-electron chi connectivity index (χ3n) is 4.39. The number of ether oxygens (including phenoxy) is 1. The summed E-state index contributed by atoms with van der Waals surface area (Å²) < 4.78 is 5.40. The molecule has 0 spiro atoms. The van der Waals surface area contributed by atoms with Crippen molar-refractivity contribution >= 4 is 23.2 Å². The second kappa shape index (κ2) is 9.40. The summed E-state index contributed by atoms with van der Waals surface area (Å²) in [5.74, 6) is 0.552. The van der Waals surface area contributed by atoms with E-state index in [1.54, 1.807) is 17.0 Å². The third kappa shape index (κ3) is 5.84. The van der Waals surface area contributed by atoms with E-state index in [1.807, 2.05) is 43.3 Å². The van der Waals surface area contributed by atoms with Crippen LogP contribution in [0.4, 0.5) is 11.4 Å². The van der Waals surface area contributed by atoms with E-state index in [2.05, 4.69) is 26.1 Å². The van der Waals surface area contributed by atoms with Gasteiger partial charge in [0.15, 0.2) is 0 Å². The Balaban J connectivity index is 2.06. The van der Waals surface area contributed by atoms with Crippen molar-refractivity contribution in [3.05, 3.63) is 54.1 Å². The van der Waals surface area contributed by atoms with Gasteiger partial charge in [-0.05, 0) is 48.2 Å². The Hall–Kier alpha value is -2.82. The molecule has 0 aliphatic rings. The average molecular weight is 383 g/mol. The first-order chi connectivity index (χ1) is 13.2. The van der Waals surface area contributed by atoms with E-state index in [-0.39, 0.29) is 23.7 Å². The number of hydrogen-bond donors (Lipinski definition) is 1. The zero-order valence-corrected chi connectivity index (χ0v) is 17.4. The number of para-hydroxylation sites is 1. The molecule has 5 nitrogen and oxygen atoms in total. The normalized spacial score (nSPS) is 11.0. The van der Waals surface area contributed by atoms with Crippen LogP contribution in [-0.2, 0) is 15.0 Å². The Morgan fingerprint density at radius 3 is 2.25 bits per heavy atom. The number of rotatable bonds is 7. The zero-order valence-electron chi connectivity index (χ0n) is 17.4. The van der Waals surface area contributed by atoms with Crippen LogP contribution in [0.3, 0.4) is 0 Å². The number of amides is 2. The molecule has 0 atom stereocenters. The average Bonchev–Trinajstić information content (AvgIpc) is 2.63. The van der Waals surface area contributed by atoms with Gasteiger partial charge in [0.25, 0.3) is 0 Å². The highest BCUT2D eigenvalue weighted by Gasteiger charge is 2.23. The molecule has 0 aliphatic heterocycles. The molecule has 0 aliphatic carbocycles. The van der Waals surface area contributed by atoms with E-state index in [1.165, 1.54) is 6.92 Å². The first-order valence-electron chi connectivity index (χ1n) is 9.62. The number of benzene rings is 2. The fourth-order valence-corrected chi connectivity index (χ4v) is 3.03. The molecule has 0 bridgehead atoms. The lowest BCUT2D eigenvalue weighted by atomic mass is 9.85. The van der Waals surface area contributed by atoms with E-state index >= 15 is 0 Å². The van der Waals surface area contributed by atoms with Crippen LogP contribution in [-0.4, -0.2) is 25.0 Å². The standard InChI is InChI=1S/C23H30N2O3/c1-6-28-19-13-11-18(12-14-19)24-22(27)15-16-25(17(2)26)21-10-8-7-9-20(21)23(3,4)5/h7-14H,6,15-16H2,1-5H3,(H,24,27). The second-order valence-electron chi connectivity index (χ2n) is 7.69. The minimum atomic E-state index is -0.136. The molecule has 0 aromatic heterocycles. The molecule has 28 heavy (non-hydrogen) atoms. The van der Waals surface area contributed by atoms with Crippen LogP contribution in [0.2, 0.25) is 0 Å². The first kappa shape index (κ1) is 21.5. The maximum Gasteiger partial charge on any atom is 0.226 e. The summed E-state index contributed by atoms with van der Waals surface area (Å²) in [7, 11) is 0. The molecule has 0 radical (unpaired) electrons. The Bertz CT molecular complexity index is 807. The van der Waals surface area contributed by atoms with Gasteiger partial charge in [-0.2, -0.15) is 0 Å². The molecule has 2 aromatic rings. The van der Waals surface area contributed by atoms with Crippen molar-refractivity contribution in [1.29, 1.82) is 0 Å². The molecule has 5 heteroatoms. The maximum absolute atomic E-state index is 12.4. The van der Waals surface area contributed by atoms with Gasteiger partial charge in [-0.3, -0.25) is 9.59 Å². The Morgan fingerprint density at radius 1 is 1.04 bits per heavy atom. The predicted octanol–water partition coefficient (Wildman–Crippen LogP) is 4.76. The molecule has 0 saturated carbocycles. The summed E-state index contributed by atoms with van der Waals surface area (Å²) in [6.45, 7) is 10.7. The largest absolute Gasteiger partial charge is 0.494 e. The number of nitrogens with zero attached hydrogens (tertiary/aromatic N) is 1. The first-order valence-corrected chi connectivity index (χ1v) is 9.62. The molecule has 0 saturated heterocycles. The lowest BCUT2D eigenvalue weighted by Crippen LogP contribution is -2.34. The van der Waals surface area contributed by atoms with Crippen LogP contribution in [0.15, 0.2) is 48.5 Å². The van der Waals surface area contributed by atoms with Gasteiger partial charge in [-0.1, -0.05) is 39.0 Å². The van der Waals surface area contributed by atoms with E-state index in [9.17, 15) is 9.59 Å². The Morgan fingerprint density at radius 2 is 1.68 bits per heavy atom. The SMILES string of the molecule is CCOc1ccc(NC(=O)CCN(C(C)=O)c2ccccc2C(C)(C)C)cc1. The minimum absolute atomic E-state index is 0.0782. The topological polar surface area (TPSA) is 58.6 Å². The number of anilines is 2. The van der Waals surface area contributed by atoms with Crippen molar-refractivity contribution in [2.45, 2.75) is 46.5 Å². The highest BCUT2D eigenvalue weighted by molar-refractivity contribution is 5.95. The van der Waals surface area contributed by atoms with Crippen LogP contribution in [0.1, 0.15) is 46.6 Å². The van der Waals surface area contributed by atoms with Crippen molar-refractivity contribution in [2.24, 2.45) is 0 Å². The quantitative estimate of drug-likeness (QED) is 0.751. The maximum atomic E-state index is 12.4. The van der Waals surface area contributed by atoms with Crippen LogP contribution < -0.4 is 15.0 Å². The monoisotopic (exact) mass is 382 g/mol. The van der Waals surface area contributed by atoms with Gasteiger partial charge in [0.1, 0.15) is 5.75 Å². The van der Waals surface area contributed by atoms with Gasteiger partial charge < -0.3 is 15.0 Å². The van der Waals surface area contributed by atoms with Gasteiger partial charge in [-0.15, -0.1) is 0 Å². The van der Waals surface area contributed by atoms with Gasteiger partial charge >= 0.3 is 0 Å². The summed E-state index contributed by atoms with van der Waals surface area (Å²) in [4.78, 5) is 26.3. The predicted molar refractivity (Wildman–Crippen MR) is 114 cm³/mol. The molecule has 2 amide bonds. The summed E-state index contributed by atoms with van der Waals surface area (Å²) in [5.41, 5.74) is 2.54. The summed E-state index contributed by atoms with van der Waals surface area (Å²) in [6.07, 6.45) is 0.214. The fraction of sp³-hybridized carbons (Fsp3) is 0.391. The highest BCUT2D eigenvalue weighted by atomic mass is 16.5. The number of nitrogens with one attached hydrogen (secondary N) is 1. The van der Waals surface area contributed by atoms with Gasteiger partial charge in [0.2, 0.25) is 11.8 Å². The minimum Gasteiger partial charge on any atom is -0.494 e. The molecule has 2 aromatic carbocycles. The van der Waals surface area contributed by atoms with Crippen molar-refractivity contribution < 1.29 is 14.3 Å². The number of carbonyl (C=O) groups is 2. The van der Waals surface area contributed by atoms with Crippen molar-refractivity contribution in [3.63, 3.8) is 0 Å². The fourth-order valence-electron chi connectivity index (χ4n) is 3.03. The lowest BCUT2D eigenvalue weighted by Gasteiger charge is -2.29. The smallest absolute Gasteiger partial charge is 0.226 e. The summed E-state index contributed by atoms with van der Waals surface area (Å²) in [6, 6.07) is 15.1. The molecular formula is C23H30N2O3. The molecular weight excluding hydrogens is 352 g/mol. The molecule has 0 fully saturated rings. The second-order valence-corrected chi connectivity index (χ2v) is 7.69. The number of hydrogen-bond acceptors (Lipinski definition) is 3. The Kier molecular flexibility index (Phi) is 7.21. The lowest BCUT2D eigenvalue weighted by molar-refractivity contribution is -0.117. The van der Waals surface area contributed by atoms with E-state index in [4.69, 9.17) is 4.74 Å². The molecule has 150 valence electrons. The van der Waals surface area contributed by atoms with Crippen molar-refractivity contribution in [1.82, 2.24) is 0 Å². The Labute approximate surface area is 167 Å². The molecule has 0 heterocycles. The molecule has 2 rings (SSSR count). The highest BCUT2D eigenvalue weighted by Crippen LogP contribution is 2.32. The van der Waals surface area contributed by atoms with Crippen LogP contribution in [0.5, 0.6) is 5.75 Å². The van der Waals surface area contributed by atoms with Gasteiger partial charge in [-0.25, -0.2) is 0 Å². The van der Waals surface area contributed by atoms with Crippen molar-refractivity contribution in [3.8, 4) is 5.75 Å². The van der Waals surface area contributed by atoms with Crippen molar-refractivity contribution in [2.75, 3.05) is 23.4 Å². The summed E-state index contributed by atoms with van der Waals surface area (Å²) >= 11 is 0. The number of carbonyl (C=O) groups excluding carboxylic acids is 2. The van der Waals surface area contributed by atoms with Crippen LogP contribution >= 0.6 is 0 Å². The van der Waals surface area contributed by atoms with Gasteiger partial charge in [0.05, 0.1) is 6.61 Å². The zero-order chi connectivity index (χ0) is 20.7. The van der Waals surface area contributed by atoms with Gasteiger partial charge in [0, 0.05) is 31.3 Å². The van der Waals surface area contributed by atoms with E-state index in [0.717, 1.165) is 17.0 Å². The van der Waals surface area contributed by atoms with Crippen LogP contribution in [0, 0.1) is 0 Å². The van der Waals surface area contributed by atoms with Crippen LogP contribution in [0.25, 0.3) is 0 Å². The molecule has 1 N–H and O–H groups in total. The molecule has 0 unspecified atom stereocenters. The van der Waals surface area contributed by atoms with E-state index < -0.39 is 0 Å². The summed E-state index contributed by atoms with van der Waals surface area (Å²) in [5, 5.41) is 2.87.